The maximum absolute atomic E-state index is 5.53. The van der Waals surface area contributed by atoms with Gasteiger partial charge in [-0.1, -0.05) is 38.1 Å². The first-order valence-corrected chi connectivity index (χ1v) is 7.67. The Morgan fingerprint density at radius 2 is 2.15 bits per heavy atom. The second-order valence-corrected chi connectivity index (χ2v) is 6.77. The third-order valence-electron chi connectivity index (χ3n) is 5.27. The molecule has 0 radical (unpaired) electrons. The van der Waals surface area contributed by atoms with E-state index < -0.39 is 0 Å². The van der Waals surface area contributed by atoms with Crippen LogP contribution in [0.3, 0.4) is 0 Å². The maximum Gasteiger partial charge on any atom is 0.0652 e. The molecule has 1 fully saturated rings. The average Bonchev–Trinajstić information content (AvgIpc) is 2.46. The SMILES string of the molecule is COC1CC(NCC2CNCc3ccccc32)C1(C)C. The van der Waals surface area contributed by atoms with Crippen LogP contribution in [0.5, 0.6) is 0 Å². The summed E-state index contributed by atoms with van der Waals surface area (Å²) in [5.41, 5.74) is 3.21. The van der Waals surface area contributed by atoms with E-state index in [9.17, 15) is 0 Å². The van der Waals surface area contributed by atoms with Crippen molar-refractivity contribution in [1.82, 2.24) is 10.6 Å². The minimum absolute atomic E-state index is 0.246. The Bertz CT molecular complexity index is 472. The number of nitrogens with one attached hydrogen (secondary N) is 2. The van der Waals surface area contributed by atoms with E-state index in [1.807, 2.05) is 7.11 Å². The molecular weight excluding hydrogens is 248 g/mol. The van der Waals surface area contributed by atoms with Crippen molar-refractivity contribution < 1.29 is 4.74 Å². The van der Waals surface area contributed by atoms with Crippen LogP contribution >= 0.6 is 0 Å². The van der Waals surface area contributed by atoms with Gasteiger partial charge in [-0.25, -0.2) is 0 Å². The molecule has 110 valence electrons. The standard InChI is InChI=1S/C17H26N2O/c1-17(2)15(8-16(17)20-3)19-11-13-10-18-9-12-6-4-5-7-14(12)13/h4-7,13,15-16,18-19H,8-11H2,1-3H3. The molecular formula is C17H26N2O. The van der Waals surface area contributed by atoms with Crippen molar-refractivity contribution in [3.63, 3.8) is 0 Å². The van der Waals surface area contributed by atoms with Crippen LogP contribution in [0.2, 0.25) is 0 Å². The van der Waals surface area contributed by atoms with Crippen molar-refractivity contribution in [2.24, 2.45) is 5.41 Å². The van der Waals surface area contributed by atoms with Gasteiger partial charge in [0, 0.05) is 44.1 Å². The van der Waals surface area contributed by atoms with E-state index >= 15 is 0 Å². The molecule has 3 heteroatoms. The molecule has 0 bridgehead atoms. The molecule has 1 aromatic rings. The zero-order valence-electron chi connectivity index (χ0n) is 12.8. The third-order valence-corrected chi connectivity index (χ3v) is 5.27. The third kappa shape index (κ3) is 2.39. The highest BCUT2D eigenvalue weighted by Crippen LogP contribution is 2.42. The van der Waals surface area contributed by atoms with Gasteiger partial charge in [0.2, 0.25) is 0 Å². The normalized spacial score (nSPS) is 31.4. The van der Waals surface area contributed by atoms with Gasteiger partial charge in [0.15, 0.2) is 0 Å². The lowest BCUT2D eigenvalue weighted by Crippen LogP contribution is -2.61. The minimum atomic E-state index is 0.246. The first-order chi connectivity index (χ1) is 9.63. The summed E-state index contributed by atoms with van der Waals surface area (Å²) in [7, 11) is 1.82. The summed E-state index contributed by atoms with van der Waals surface area (Å²) in [6.07, 6.45) is 1.53. The summed E-state index contributed by atoms with van der Waals surface area (Å²) in [6.45, 7) is 7.73. The molecule has 0 aromatic heterocycles. The van der Waals surface area contributed by atoms with Crippen molar-refractivity contribution in [3.8, 4) is 0 Å². The van der Waals surface area contributed by atoms with E-state index in [1.54, 1.807) is 0 Å². The monoisotopic (exact) mass is 274 g/mol. The Kier molecular flexibility index (Phi) is 3.85. The van der Waals surface area contributed by atoms with E-state index in [4.69, 9.17) is 4.74 Å². The van der Waals surface area contributed by atoms with Crippen LogP contribution in [-0.2, 0) is 11.3 Å². The largest absolute Gasteiger partial charge is 0.381 e. The molecule has 3 unspecified atom stereocenters. The lowest BCUT2D eigenvalue weighted by molar-refractivity contribution is -0.0975. The van der Waals surface area contributed by atoms with Crippen molar-refractivity contribution in [2.45, 2.75) is 44.9 Å². The van der Waals surface area contributed by atoms with Crippen LogP contribution in [0.15, 0.2) is 24.3 Å². The van der Waals surface area contributed by atoms with Crippen molar-refractivity contribution >= 4 is 0 Å². The molecule has 3 rings (SSSR count). The molecule has 0 spiro atoms. The highest BCUT2D eigenvalue weighted by atomic mass is 16.5. The van der Waals surface area contributed by atoms with Gasteiger partial charge in [0.1, 0.15) is 0 Å². The fraction of sp³-hybridized carbons (Fsp3) is 0.647. The summed E-state index contributed by atoms with van der Waals surface area (Å²) in [5, 5.41) is 7.29. The van der Waals surface area contributed by atoms with Crippen LogP contribution in [0.4, 0.5) is 0 Å². The number of benzene rings is 1. The highest BCUT2D eigenvalue weighted by Gasteiger charge is 2.48. The van der Waals surface area contributed by atoms with E-state index in [2.05, 4.69) is 48.7 Å². The number of fused-ring (bicyclic) bond motifs is 1. The molecule has 1 aromatic carbocycles. The zero-order chi connectivity index (χ0) is 14.2. The molecule has 1 saturated carbocycles. The molecule has 3 atom stereocenters. The van der Waals surface area contributed by atoms with Crippen LogP contribution in [0, 0.1) is 5.41 Å². The summed E-state index contributed by atoms with van der Waals surface area (Å²) in [4.78, 5) is 0. The lowest BCUT2D eigenvalue weighted by atomic mass is 9.64. The van der Waals surface area contributed by atoms with Crippen LogP contribution in [0.25, 0.3) is 0 Å². The summed E-state index contributed by atoms with van der Waals surface area (Å²) in [5.74, 6) is 0.581. The second-order valence-electron chi connectivity index (χ2n) is 6.77. The highest BCUT2D eigenvalue weighted by molar-refractivity contribution is 5.33. The molecule has 2 N–H and O–H groups in total. The molecule has 0 amide bonds. The van der Waals surface area contributed by atoms with Crippen LogP contribution in [0.1, 0.15) is 37.3 Å². The zero-order valence-corrected chi connectivity index (χ0v) is 12.8. The molecule has 20 heavy (non-hydrogen) atoms. The van der Waals surface area contributed by atoms with Gasteiger partial charge in [-0.2, -0.15) is 0 Å². The van der Waals surface area contributed by atoms with Gasteiger partial charge >= 0.3 is 0 Å². The first-order valence-electron chi connectivity index (χ1n) is 7.67. The van der Waals surface area contributed by atoms with E-state index in [1.165, 1.54) is 11.1 Å². The fourth-order valence-corrected chi connectivity index (χ4v) is 3.68. The molecule has 1 aliphatic carbocycles. The predicted molar refractivity (Wildman–Crippen MR) is 81.9 cm³/mol. The Morgan fingerprint density at radius 3 is 2.90 bits per heavy atom. The van der Waals surface area contributed by atoms with Crippen LogP contribution < -0.4 is 10.6 Å². The predicted octanol–water partition coefficient (Wildman–Crippen LogP) is 2.28. The van der Waals surface area contributed by atoms with Crippen LogP contribution in [-0.4, -0.2) is 32.3 Å². The van der Waals surface area contributed by atoms with Gasteiger partial charge < -0.3 is 15.4 Å². The second kappa shape index (κ2) is 5.47. The van der Waals surface area contributed by atoms with E-state index in [-0.39, 0.29) is 5.41 Å². The Labute approximate surface area is 122 Å². The van der Waals surface area contributed by atoms with Gasteiger partial charge in [0.25, 0.3) is 0 Å². The Balaban J connectivity index is 1.61. The summed E-state index contributed by atoms with van der Waals surface area (Å²) >= 11 is 0. The van der Waals surface area contributed by atoms with Crippen molar-refractivity contribution in [1.29, 1.82) is 0 Å². The molecule has 2 aliphatic rings. The summed E-state index contributed by atoms with van der Waals surface area (Å²) < 4.78 is 5.53. The van der Waals surface area contributed by atoms with Crippen molar-refractivity contribution in [3.05, 3.63) is 35.4 Å². The lowest BCUT2D eigenvalue weighted by Gasteiger charge is -2.52. The van der Waals surface area contributed by atoms with Gasteiger partial charge in [-0.15, -0.1) is 0 Å². The Morgan fingerprint density at radius 1 is 1.35 bits per heavy atom. The number of hydrogen-bond donors (Lipinski definition) is 2. The van der Waals surface area contributed by atoms with Gasteiger partial charge in [0.05, 0.1) is 6.10 Å². The minimum Gasteiger partial charge on any atom is -0.381 e. The molecule has 1 heterocycles. The Hall–Kier alpha value is -0.900. The number of hydrogen-bond acceptors (Lipinski definition) is 3. The molecule has 0 saturated heterocycles. The van der Waals surface area contributed by atoms with E-state index in [0.717, 1.165) is 26.1 Å². The first kappa shape index (κ1) is 14.1. The smallest absolute Gasteiger partial charge is 0.0652 e. The fourth-order valence-electron chi connectivity index (χ4n) is 3.68. The number of ether oxygens (including phenoxy) is 1. The maximum atomic E-state index is 5.53. The van der Waals surface area contributed by atoms with Gasteiger partial charge in [-0.3, -0.25) is 0 Å². The quantitative estimate of drug-likeness (QED) is 0.884. The molecule has 1 aliphatic heterocycles. The molecule has 3 nitrogen and oxygen atoms in total. The topological polar surface area (TPSA) is 33.3 Å². The number of methoxy groups -OCH3 is 1. The summed E-state index contributed by atoms with van der Waals surface area (Å²) in [6, 6.07) is 9.39. The van der Waals surface area contributed by atoms with E-state index in [0.29, 0.717) is 18.1 Å². The average molecular weight is 274 g/mol. The van der Waals surface area contributed by atoms with Gasteiger partial charge in [-0.05, 0) is 17.5 Å². The number of rotatable bonds is 4. The van der Waals surface area contributed by atoms with Crippen molar-refractivity contribution in [2.75, 3.05) is 20.2 Å².